The van der Waals surface area contributed by atoms with Gasteiger partial charge in [0.2, 0.25) is 0 Å². The van der Waals surface area contributed by atoms with Gasteiger partial charge in [-0.05, 0) is 26.0 Å². The van der Waals surface area contributed by atoms with Crippen molar-refractivity contribution >= 4 is 5.91 Å². The van der Waals surface area contributed by atoms with E-state index in [1.807, 2.05) is 31.2 Å². The second-order valence-corrected chi connectivity index (χ2v) is 4.80. The number of hydrogen-bond donors (Lipinski definition) is 1. The van der Waals surface area contributed by atoms with Crippen LogP contribution in [0.1, 0.15) is 18.3 Å². The molecule has 0 fully saturated rings. The zero-order valence-corrected chi connectivity index (χ0v) is 12.0. The largest absolute Gasteiger partial charge is 0.481 e. The van der Waals surface area contributed by atoms with E-state index in [1.54, 1.807) is 31.3 Å². The molecule has 1 heterocycles. The molecule has 2 aromatic rings. The number of benzene rings is 1. The molecule has 2 rings (SSSR count). The van der Waals surface area contributed by atoms with Crippen molar-refractivity contribution in [3.05, 3.63) is 48.0 Å². The molecule has 0 aliphatic heterocycles. The van der Waals surface area contributed by atoms with Gasteiger partial charge in [-0.1, -0.05) is 17.7 Å². The summed E-state index contributed by atoms with van der Waals surface area (Å²) < 4.78 is 5.65. The molecule has 1 aromatic carbocycles. The molecular weight excluding hydrogens is 254 g/mol. The normalized spacial score (nSPS) is 11.9. The molecule has 1 amide bonds. The Morgan fingerprint density at radius 1 is 1.40 bits per heavy atom. The van der Waals surface area contributed by atoms with Crippen LogP contribution in [-0.2, 0) is 11.3 Å². The first-order chi connectivity index (χ1) is 9.56. The van der Waals surface area contributed by atoms with E-state index in [-0.39, 0.29) is 5.91 Å². The number of nitrogens with one attached hydrogen (secondary N) is 1. The molecule has 20 heavy (non-hydrogen) atoms. The van der Waals surface area contributed by atoms with Gasteiger partial charge < -0.3 is 14.6 Å². The van der Waals surface area contributed by atoms with E-state index in [9.17, 15) is 4.79 Å². The van der Waals surface area contributed by atoms with Gasteiger partial charge in [0.25, 0.3) is 5.91 Å². The molecular formula is C15H19N3O2. The Balaban J connectivity index is 1.92. The molecule has 0 aliphatic rings. The van der Waals surface area contributed by atoms with Gasteiger partial charge in [-0.15, -0.1) is 0 Å². The molecule has 1 N–H and O–H groups in total. The van der Waals surface area contributed by atoms with Crippen LogP contribution in [0.25, 0.3) is 0 Å². The lowest BCUT2D eigenvalue weighted by atomic mass is 10.2. The molecule has 0 aliphatic carbocycles. The fourth-order valence-corrected chi connectivity index (χ4v) is 1.87. The highest BCUT2D eigenvalue weighted by molar-refractivity contribution is 5.80. The topological polar surface area (TPSA) is 58.2 Å². The van der Waals surface area contributed by atoms with Crippen molar-refractivity contribution in [2.45, 2.75) is 26.5 Å². The first kappa shape index (κ1) is 14.1. The van der Waals surface area contributed by atoms with Gasteiger partial charge in [0.15, 0.2) is 6.10 Å². The molecule has 1 aromatic heterocycles. The number of aromatic nitrogens is 2. The molecule has 106 valence electrons. The van der Waals surface area contributed by atoms with Crippen LogP contribution >= 0.6 is 0 Å². The van der Waals surface area contributed by atoms with Crippen molar-refractivity contribution in [2.24, 2.45) is 0 Å². The average molecular weight is 273 g/mol. The summed E-state index contributed by atoms with van der Waals surface area (Å²) in [5.74, 6) is 1.37. The summed E-state index contributed by atoms with van der Waals surface area (Å²) >= 11 is 0. The van der Waals surface area contributed by atoms with E-state index in [4.69, 9.17) is 4.74 Å². The van der Waals surface area contributed by atoms with Crippen LogP contribution in [0.3, 0.4) is 0 Å². The molecule has 1 atom stereocenters. The number of nitrogens with zero attached hydrogens (tertiary/aromatic N) is 2. The molecule has 0 radical (unpaired) electrons. The van der Waals surface area contributed by atoms with E-state index in [1.165, 1.54) is 0 Å². The quantitative estimate of drug-likeness (QED) is 0.908. The monoisotopic (exact) mass is 273 g/mol. The Morgan fingerprint density at radius 2 is 2.10 bits per heavy atom. The van der Waals surface area contributed by atoms with Crippen LogP contribution in [0.4, 0.5) is 0 Å². The zero-order valence-electron chi connectivity index (χ0n) is 12.0. The maximum atomic E-state index is 12.2. The number of imidazole rings is 1. The number of aryl methyl sites for hydroxylation is 1. The maximum Gasteiger partial charge on any atom is 0.263 e. The minimum Gasteiger partial charge on any atom is -0.481 e. The summed E-state index contributed by atoms with van der Waals surface area (Å²) in [6.45, 7) is 4.20. The zero-order chi connectivity index (χ0) is 14.5. The number of rotatable bonds is 5. The van der Waals surface area contributed by atoms with Gasteiger partial charge in [-0.3, -0.25) is 4.79 Å². The summed E-state index contributed by atoms with van der Waals surface area (Å²) in [5, 5.41) is 0. The van der Waals surface area contributed by atoms with Crippen LogP contribution in [0.2, 0.25) is 0 Å². The number of carbonyl (C=O) groups excluding carboxylic acids is 1. The molecule has 5 heteroatoms. The Hall–Kier alpha value is -2.30. The molecule has 0 spiro atoms. The van der Waals surface area contributed by atoms with E-state index in [0.717, 1.165) is 11.4 Å². The van der Waals surface area contributed by atoms with Crippen LogP contribution in [-0.4, -0.2) is 33.9 Å². The lowest BCUT2D eigenvalue weighted by Gasteiger charge is -2.21. The first-order valence-electron chi connectivity index (χ1n) is 6.53. The second-order valence-electron chi connectivity index (χ2n) is 4.80. The van der Waals surface area contributed by atoms with Crippen LogP contribution < -0.4 is 4.74 Å². The standard InChI is InChI=1S/C15H19N3O2/c1-11-4-6-13(7-5-11)20-12(2)15(19)18(3)10-14-16-8-9-17-14/h4-9,12H,10H2,1-3H3,(H,16,17). The van der Waals surface area contributed by atoms with Gasteiger partial charge in [-0.2, -0.15) is 0 Å². The smallest absolute Gasteiger partial charge is 0.263 e. The number of amides is 1. The molecule has 0 saturated carbocycles. The van der Waals surface area contributed by atoms with E-state index >= 15 is 0 Å². The number of H-pyrrole nitrogens is 1. The Labute approximate surface area is 118 Å². The number of ether oxygens (including phenoxy) is 1. The van der Waals surface area contributed by atoms with Crippen LogP contribution in [0.15, 0.2) is 36.7 Å². The summed E-state index contributed by atoms with van der Waals surface area (Å²) in [5.41, 5.74) is 1.16. The minimum atomic E-state index is -0.530. The molecule has 5 nitrogen and oxygen atoms in total. The maximum absolute atomic E-state index is 12.2. The Kier molecular flexibility index (Phi) is 4.40. The lowest BCUT2D eigenvalue weighted by molar-refractivity contribution is -0.137. The van der Waals surface area contributed by atoms with Crippen molar-refractivity contribution in [1.82, 2.24) is 14.9 Å². The molecule has 1 unspecified atom stereocenters. The van der Waals surface area contributed by atoms with Crippen molar-refractivity contribution in [3.63, 3.8) is 0 Å². The third-order valence-electron chi connectivity index (χ3n) is 3.00. The number of aromatic amines is 1. The van der Waals surface area contributed by atoms with Crippen LogP contribution in [0.5, 0.6) is 5.75 Å². The van der Waals surface area contributed by atoms with Crippen molar-refractivity contribution < 1.29 is 9.53 Å². The lowest BCUT2D eigenvalue weighted by Crippen LogP contribution is -2.37. The highest BCUT2D eigenvalue weighted by atomic mass is 16.5. The highest BCUT2D eigenvalue weighted by Crippen LogP contribution is 2.14. The molecule has 0 bridgehead atoms. The van der Waals surface area contributed by atoms with Crippen molar-refractivity contribution in [2.75, 3.05) is 7.05 Å². The van der Waals surface area contributed by atoms with Crippen molar-refractivity contribution in [1.29, 1.82) is 0 Å². The predicted molar refractivity (Wildman–Crippen MR) is 76.3 cm³/mol. The van der Waals surface area contributed by atoms with Crippen LogP contribution in [0, 0.1) is 6.92 Å². The van der Waals surface area contributed by atoms with Gasteiger partial charge in [-0.25, -0.2) is 4.98 Å². The number of carbonyl (C=O) groups is 1. The summed E-state index contributed by atoms with van der Waals surface area (Å²) in [6.07, 6.45) is 2.87. The van der Waals surface area contributed by atoms with E-state index in [0.29, 0.717) is 12.3 Å². The fraction of sp³-hybridized carbons (Fsp3) is 0.333. The fourth-order valence-electron chi connectivity index (χ4n) is 1.87. The SMILES string of the molecule is Cc1ccc(OC(C)C(=O)N(C)Cc2ncc[nH]2)cc1. The summed E-state index contributed by atoms with van der Waals surface area (Å²) in [6, 6.07) is 7.65. The summed E-state index contributed by atoms with van der Waals surface area (Å²) in [7, 11) is 1.74. The van der Waals surface area contributed by atoms with Gasteiger partial charge in [0, 0.05) is 19.4 Å². The van der Waals surface area contributed by atoms with Gasteiger partial charge in [0.1, 0.15) is 11.6 Å². The first-order valence-corrected chi connectivity index (χ1v) is 6.53. The Morgan fingerprint density at radius 3 is 2.70 bits per heavy atom. The van der Waals surface area contributed by atoms with Crippen molar-refractivity contribution in [3.8, 4) is 5.75 Å². The average Bonchev–Trinajstić information content (AvgIpc) is 2.93. The number of likely N-dealkylation sites (N-methyl/N-ethyl adjacent to an activating group) is 1. The minimum absolute atomic E-state index is 0.0815. The Bertz CT molecular complexity index is 549. The predicted octanol–water partition coefficient (Wildman–Crippen LogP) is 2.14. The second kappa shape index (κ2) is 6.23. The van der Waals surface area contributed by atoms with Gasteiger partial charge in [0.05, 0.1) is 6.54 Å². The highest BCUT2D eigenvalue weighted by Gasteiger charge is 2.19. The number of hydrogen-bond acceptors (Lipinski definition) is 3. The van der Waals surface area contributed by atoms with E-state index in [2.05, 4.69) is 9.97 Å². The third-order valence-corrected chi connectivity index (χ3v) is 3.00. The third kappa shape index (κ3) is 3.60. The van der Waals surface area contributed by atoms with E-state index < -0.39 is 6.10 Å². The van der Waals surface area contributed by atoms with Gasteiger partial charge >= 0.3 is 0 Å². The summed E-state index contributed by atoms with van der Waals surface area (Å²) in [4.78, 5) is 20.9. The molecule has 0 saturated heterocycles.